The highest BCUT2D eigenvalue weighted by Crippen LogP contribution is 2.55. The Kier molecular flexibility index (Phi) is 6.30. The minimum atomic E-state index is -4.36. The Morgan fingerprint density at radius 1 is 1.26 bits per heavy atom. The van der Waals surface area contributed by atoms with E-state index in [0.29, 0.717) is 36.5 Å². The number of hydrogen-bond acceptors (Lipinski definition) is 3. The number of carbonyl (C=O) groups is 1. The molecule has 1 aromatic carbocycles. The molecule has 1 N–H and O–H groups in total. The maximum atomic E-state index is 13.7. The van der Waals surface area contributed by atoms with Gasteiger partial charge in [0, 0.05) is 31.3 Å². The van der Waals surface area contributed by atoms with E-state index in [9.17, 15) is 18.0 Å². The van der Waals surface area contributed by atoms with Crippen molar-refractivity contribution in [1.29, 1.82) is 0 Å². The molecule has 7 heteroatoms. The predicted octanol–water partition coefficient (Wildman–Crippen LogP) is 5.28. The quantitative estimate of drug-likeness (QED) is 0.643. The van der Waals surface area contributed by atoms with Gasteiger partial charge in [0.1, 0.15) is 0 Å². The second kappa shape index (κ2) is 8.98. The van der Waals surface area contributed by atoms with Gasteiger partial charge in [0.05, 0.1) is 17.6 Å². The number of rotatable bonds is 4. The first-order chi connectivity index (χ1) is 16.2. The lowest BCUT2D eigenvalue weighted by Gasteiger charge is -2.34. The number of ether oxygens (including phenoxy) is 1. The summed E-state index contributed by atoms with van der Waals surface area (Å²) < 4.78 is 45.4. The van der Waals surface area contributed by atoms with E-state index in [4.69, 9.17) is 4.74 Å². The van der Waals surface area contributed by atoms with Crippen LogP contribution in [-0.4, -0.2) is 48.7 Å². The zero-order chi connectivity index (χ0) is 24.1. The van der Waals surface area contributed by atoms with Crippen LogP contribution in [0.5, 0.6) is 0 Å². The van der Waals surface area contributed by atoms with Crippen LogP contribution < -0.4 is 5.32 Å². The third kappa shape index (κ3) is 4.09. The van der Waals surface area contributed by atoms with Crippen molar-refractivity contribution in [2.75, 3.05) is 19.8 Å². The van der Waals surface area contributed by atoms with Crippen LogP contribution in [0.25, 0.3) is 5.57 Å². The van der Waals surface area contributed by atoms with Crippen molar-refractivity contribution in [2.45, 2.75) is 76.7 Å². The fourth-order valence-electron chi connectivity index (χ4n) is 6.97. The standard InChI is InChI=1S/C27H35F3N2O2/c1-3-18-16-34-12-9-23(18)31-22-7-10-26(15-22)17(2)24-14-20(8-11-32(24)25(26)33)19-5-4-6-21(13-19)27(28,29)30/h4-6,8,13,17-18,22-24,31H,3,7,9-12,14-16H2,1-2H3/t17?,18?,22?,23?,24?,26-/m0/s1. The molecule has 34 heavy (non-hydrogen) atoms. The summed E-state index contributed by atoms with van der Waals surface area (Å²) in [4.78, 5) is 15.7. The molecule has 6 atom stereocenters. The zero-order valence-corrected chi connectivity index (χ0v) is 20.0. The summed E-state index contributed by atoms with van der Waals surface area (Å²) in [7, 11) is 0. The maximum Gasteiger partial charge on any atom is 0.416 e. The Morgan fingerprint density at radius 2 is 2.09 bits per heavy atom. The second-order valence-electron chi connectivity index (χ2n) is 10.7. The topological polar surface area (TPSA) is 41.6 Å². The molecule has 3 aliphatic heterocycles. The van der Waals surface area contributed by atoms with Gasteiger partial charge in [-0.15, -0.1) is 0 Å². The van der Waals surface area contributed by atoms with E-state index < -0.39 is 11.7 Å². The van der Waals surface area contributed by atoms with Gasteiger partial charge in [-0.2, -0.15) is 13.2 Å². The van der Waals surface area contributed by atoms with Gasteiger partial charge in [-0.3, -0.25) is 4.79 Å². The lowest BCUT2D eigenvalue weighted by molar-refractivity contribution is -0.138. The first-order valence-corrected chi connectivity index (χ1v) is 12.7. The molecule has 2 saturated heterocycles. The monoisotopic (exact) mass is 476 g/mol. The minimum absolute atomic E-state index is 0.0484. The van der Waals surface area contributed by atoms with Gasteiger partial charge >= 0.3 is 6.18 Å². The van der Waals surface area contributed by atoms with E-state index in [1.54, 1.807) is 6.07 Å². The van der Waals surface area contributed by atoms with Crippen molar-refractivity contribution in [2.24, 2.45) is 17.3 Å². The summed E-state index contributed by atoms with van der Waals surface area (Å²) in [5, 5.41) is 3.88. The van der Waals surface area contributed by atoms with Crippen LogP contribution in [0.4, 0.5) is 13.2 Å². The number of nitrogens with one attached hydrogen (secondary N) is 1. The summed E-state index contributed by atoms with van der Waals surface area (Å²) in [6.45, 7) is 6.47. The maximum absolute atomic E-state index is 13.7. The number of fused-ring (bicyclic) bond motifs is 1. The number of amides is 1. The SMILES string of the molecule is CCC1COCCC1NC1CC[C@@]2(C1)C(=O)N1CC=C(c3cccc(C(F)(F)F)c3)CC1C2C. The summed E-state index contributed by atoms with van der Waals surface area (Å²) in [5.41, 5.74) is 0.561. The first-order valence-electron chi connectivity index (χ1n) is 12.7. The van der Waals surface area contributed by atoms with Gasteiger partial charge in [0.2, 0.25) is 5.91 Å². The van der Waals surface area contributed by atoms with E-state index in [1.807, 2.05) is 11.0 Å². The predicted molar refractivity (Wildman–Crippen MR) is 125 cm³/mol. The molecule has 4 nitrogen and oxygen atoms in total. The molecule has 1 aliphatic carbocycles. The minimum Gasteiger partial charge on any atom is -0.381 e. The Bertz CT molecular complexity index is 961. The third-order valence-corrected chi connectivity index (χ3v) is 9.06. The molecule has 5 rings (SSSR count). The number of benzene rings is 1. The molecule has 0 bridgehead atoms. The Morgan fingerprint density at radius 3 is 2.85 bits per heavy atom. The van der Waals surface area contributed by atoms with Crippen LogP contribution in [0.1, 0.15) is 63.5 Å². The number of hydrogen-bond donors (Lipinski definition) is 1. The lowest BCUT2D eigenvalue weighted by Crippen LogP contribution is -2.47. The normalized spacial score (nSPS) is 36.1. The highest BCUT2D eigenvalue weighted by Gasteiger charge is 2.60. The highest BCUT2D eigenvalue weighted by molar-refractivity contribution is 5.88. The average molecular weight is 477 g/mol. The molecule has 1 amide bonds. The molecule has 0 radical (unpaired) electrons. The van der Waals surface area contributed by atoms with Gasteiger partial charge in [-0.05, 0) is 73.6 Å². The van der Waals surface area contributed by atoms with Crippen molar-refractivity contribution >= 4 is 11.5 Å². The van der Waals surface area contributed by atoms with Crippen molar-refractivity contribution in [1.82, 2.24) is 10.2 Å². The number of nitrogens with zero attached hydrogens (tertiary/aromatic N) is 1. The zero-order valence-electron chi connectivity index (χ0n) is 20.0. The third-order valence-electron chi connectivity index (χ3n) is 9.06. The lowest BCUT2D eigenvalue weighted by atomic mass is 9.73. The summed E-state index contributed by atoms with van der Waals surface area (Å²) in [6, 6.07) is 6.41. The van der Waals surface area contributed by atoms with Gasteiger partial charge in [0.25, 0.3) is 0 Å². The molecular weight excluding hydrogens is 441 g/mol. The highest BCUT2D eigenvalue weighted by atomic mass is 19.4. The molecule has 3 heterocycles. The second-order valence-corrected chi connectivity index (χ2v) is 10.7. The van der Waals surface area contributed by atoms with E-state index in [-0.39, 0.29) is 23.3 Å². The summed E-state index contributed by atoms with van der Waals surface area (Å²) in [6.07, 6.45) is 3.06. The largest absolute Gasteiger partial charge is 0.416 e. The smallest absolute Gasteiger partial charge is 0.381 e. The van der Waals surface area contributed by atoms with Gasteiger partial charge < -0.3 is 15.0 Å². The summed E-state index contributed by atoms with van der Waals surface area (Å²) in [5.74, 6) is 0.943. The molecule has 1 saturated carbocycles. The van der Waals surface area contributed by atoms with Crippen LogP contribution in [0.3, 0.4) is 0 Å². The van der Waals surface area contributed by atoms with Gasteiger partial charge in [-0.1, -0.05) is 32.1 Å². The van der Waals surface area contributed by atoms with Crippen LogP contribution >= 0.6 is 0 Å². The molecule has 4 aliphatic rings. The Balaban J connectivity index is 1.30. The van der Waals surface area contributed by atoms with Crippen LogP contribution in [0.15, 0.2) is 30.3 Å². The van der Waals surface area contributed by atoms with Crippen LogP contribution in [0.2, 0.25) is 0 Å². The molecule has 3 fully saturated rings. The summed E-state index contributed by atoms with van der Waals surface area (Å²) >= 11 is 0. The van der Waals surface area contributed by atoms with Crippen molar-refractivity contribution < 1.29 is 22.7 Å². The molecule has 186 valence electrons. The van der Waals surface area contributed by atoms with E-state index >= 15 is 0 Å². The number of alkyl halides is 3. The van der Waals surface area contributed by atoms with E-state index in [2.05, 4.69) is 19.2 Å². The first kappa shape index (κ1) is 23.9. The van der Waals surface area contributed by atoms with Crippen LogP contribution in [-0.2, 0) is 15.7 Å². The molecule has 1 spiro atoms. The van der Waals surface area contributed by atoms with Crippen molar-refractivity contribution in [3.63, 3.8) is 0 Å². The number of halogens is 3. The van der Waals surface area contributed by atoms with E-state index in [0.717, 1.165) is 57.0 Å². The molecule has 0 aromatic heterocycles. The number of carbonyl (C=O) groups excluding carboxylic acids is 1. The Labute approximate surface area is 199 Å². The molecule has 1 aromatic rings. The van der Waals surface area contributed by atoms with Crippen LogP contribution in [0, 0.1) is 17.3 Å². The fourth-order valence-corrected chi connectivity index (χ4v) is 6.97. The average Bonchev–Trinajstić information content (AvgIpc) is 3.35. The van der Waals surface area contributed by atoms with Crippen molar-refractivity contribution in [3.05, 3.63) is 41.5 Å². The molecule has 5 unspecified atom stereocenters. The molecular formula is C27H35F3N2O2. The Hall–Kier alpha value is -1.86. The van der Waals surface area contributed by atoms with Gasteiger partial charge in [0.15, 0.2) is 0 Å². The van der Waals surface area contributed by atoms with Crippen molar-refractivity contribution in [3.8, 4) is 0 Å². The van der Waals surface area contributed by atoms with E-state index in [1.165, 1.54) is 12.1 Å². The van der Waals surface area contributed by atoms with Gasteiger partial charge in [-0.25, -0.2) is 0 Å². The fraction of sp³-hybridized carbons (Fsp3) is 0.667.